The zero-order valence-electron chi connectivity index (χ0n) is 11.9. The Labute approximate surface area is 123 Å². The lowest BCUT2D eigenvalue weighted by atomic mass is 10.1. The Bertz CT molecular complexity index is 752. The molecule has 1 aromatic carbocycles. The molecule has 0 bridgehead atoms. The highest BCUT2D eigenvalue weighted by atomic mass is 32.2. The van der Waals surface area contributed by atoms with Crippen LogP contribution >= 0.6 is 0 Å². The summed E-state index contributed by atoms with van der Waals surface area (Å²) in [5.74, 6) is -0.196. The molecule has 0 spiro atoms. The van der Waals surface area contributed by atoms with E-state index in [2.05, 4.69) is 14.9 Å². The minimum Gasteiger partial charge on any atom is -0.345 e. The molecule has 0 aliphatic heterocycles. The standard InChI is InChI=1S/C13H16N4O3S/c1-9-4-5-10(13(18)17(2)3)6-12(9)16-21(19,20)11-7-14-15-8-11/h4-8,16H,1-3H3,(H,14,15). The average molecular weight is 308 g/mol. The van der Waals surface area contributed by atoms with Gasteiger partial charge in [-0.05, 0) is 24.6 Å². The van der Waals surface area contributed by atoms with Crippen molar-refractivity contribution >= 4 is 21.6 Å². The quantitative estimate of drug-likeness (QED) is 0.888. The number of H-pyrrole nitrogens is 1. The summed E-state index contributed by atoms with van der Waals surface area (Å²) in [6.45, 7) is 1.76. The van der Waals surface area contributed by atoms with Crippen molar-refractivity contribution in [3.8, 4) is 0 Å². The second-order valence-electron chi connectivity index (χ2n) is 4.77. The third kappa shape index (κ3) is 3.22. The highest BCUT2D eigenvalue weighted by Crippen LogP contribution is 2.21. The predicted molar refractivity (Wildman–Crippen MR) is 78.6 cm³/mol. The first-order valence-electron chi connectivity index (χ1n) is 6.15. The third-order valence-electron chi connectivity index (χ3n) is 2.92. The van der Waals surface area contributed by atoms with Crippen LogP contribution in [0, 0.1) is 6.92 Å². The first-order valence-corrected chi connectivity index (χ1v) is 7.63. The number of amides is 1. The second-order valence-corrected chi connectivity index (χ2v) is 6.45. The topological polar surface area (TPSA) is 95.2 Å². The number of anilines is 1. The maximum atomic E-state index is 12.2. The zero-order valence-corrected chi connectivity index (χ0v) is 12.7. The predicted octanol–water partition coefficient (Wildman–Crippen LogP) is 1.22. The first kappa shape index (κ1) is 15.0. The van der Waals surface area contributed by atoms with Crippen molar-refractivity contribution in [1.29, 1.82) is 0 Å². The van der Waals surface area contributed by atoms with Gasteiger partial charge in [0.2, 0.25) is 0 Å². The first-order chi connectivity index (χ1) is 9.81. The van der Waals surface area contributed by atoms with Gasteiger partial charge in [-0.25, -0.2) is 8.42 Å². The van der Waals surface area contributed by atoms with Gasteiger partial charge in [0.15, 0.2) is 0 Å². The lowest BCUT2D eigenvalue weighted by molar-refractivity contribution is 0.0827. The van der Waals surface area contributed by atoms with Crippen molar-refractivity contribution in [2.45, 2.75) is 11.8 Å². The number of carbonyl (C=O) groups is 1. The van der Waals surface area contributed by atoms with Gasteiger partial charge in [-0.3, -0.25) is 14.6 Å². The van der Waals surface area contributed by atoms with Gasteiger partial charge in [-0.2, -0.15) is 5.10 Å². The maximum absolute atomic E-state index is 12.2. The van der Waals surface area contributed by atoms with Gasteiger partial charge >= 0.3 is 0 Å². The number of rotatable bonds is 4. The smallest absolute Gasteiger partial charge is 0.265 e. The van der Waals surface area contributed by atoms with Crippen LogP contribution in [0.15, 0.2) is 35.5 Å². The van der Waals surface area contributed by atoms with E-state index in [1.165, 1.54) is 23.4 Å². The molecule has 1 aromatic heterocycles. The molecule has 0 radical (unpaired) electrons. The molecule has 8 heteroatoms. The Balaban J connectivity index is 2.36. The van der Waals surface area contributed by atoms with E-state index in [1.54, 1.807) is 33.2 Å². The molecule has 2 rings (SSSR count). The van der Waals surface area contributed by atoms with Gasteiger partial charge in [-0.15, -0.1) is 0 Å². The molecule has 1 heterocycles. The van der Waals surface area contributed by atoms with Crippen molar-refractivity contribution in [3.05, 3.63) is 41.7 Å². The summed E-state index contributed by atoms with van der Waals surface area (Å²) < 4.78 is 26.8. The Morgan fingerprint density at radius 1 is 1.33 bits per heavy atom. The third-order valence-corrected chi connectivity index (χ3v) is 4.25. The molecule has 0 saturated heterocycles. The van der Waals surface area contributed by atoms with E-state index in [1.807, 2.05) is 0 Å². The van der Waals surface area contributed by atoms with Crippen LogP contribution in [0.3, 0.4) is 0 Å². The summed E-state index contributed by atoms with van der Waals surface area (Å²) in [5, 5.41) is 6.07. The number of aromatic amines is 1. The normalized spacial score (nSPS) is 11.2. The van der Waals surface area contributed by atoms with Gasteiger partial charge < -0.3 is 4.90 Å². The number of aryl methyl sites for hydroxylation is 1. The van der Waals surface area contributed by atoms with Gasteiger partial charge in [0.05, 0.1) is 11.9 Å². The number of nitrogens with zero attached hydrogens (tertiary/aromatic N) is 2. The van der Waals surface area contributed by atoms with Gasteiger partial charge in [0.1, 0.15) is 4.90 Å². The molecule has 1 amide bonds. The molecule has 0 saturated carbocycles. The number of benzene rings is 1. The molecule has 2 aromatic rings. The fourth-order valence-electron chi connectivity index (χ4n) is 1.71. The lowest BCUT2D eigenvalue weighted by Gasteiger charge is -2.14. The molecule has 0 aliphatic rings. The van der Waals surface area contributed by atoms with Crippen LogP contribution in [0.5, 0.6) is 0 Å². The SMILES string of the molecule is Cc1ccc(C(=O)N(C)C)cc1NS(=O)(=O)c1cn[nH]c1. The minimum atomic E-state index is -3.72. The molecule has 0 aliphatic carbocycles. The van der Waals surface area contributed by atoms with E-state index in [0.29, 0.717) is 11.3 Å². The van der Waals surface area contributed by atoms with Crippen LogP contribution in [0.4, 0.5) is 5.69 Å². The van der Waals surface area contributed by atoms with Crippen molar-refractivity contribution in [3.63, 3.8) is 0 Å². The van der Waals surface area contributed by atoms with E-state index >= 15 is 0 Å². The summed E-state index contributed by atoms with van der Waals surface area (Å²) in [6.07, 6.45) is 2.50. The van der Waals surface area contributed by atoms with E-state index in [0.717, 1.165) is 5.56 Å². The van der Waals surface area contributed by atoms with Crippen LogP contribution in [0.2, 0.25) is 0 Å². The fraction of sp³-hybridized carbons (Fsp3) is 0.231. The fourth-order valence-corrected chi connectivity index (χ4v) is 2.74. The van der Waals surface area contributed by atoms with Crippen molar-refractivity contribution in [2.75, 3.05) is 18.8 Å². The number of sulfonamides is 1. The molecule has 21 heavy (non-hydrogen) atoms. The van der Waals surface area contributed by atoms with Crippen molar-refractivity contribution in [2.24, 2.45) is 0 Å². The van der Waals surface area contributed by atoms with Crippen LogP contribution in [0.1, 0.15) is 15.9 Å². The highest BCUT2D eigenvalue weighted by molar-refractivity contribution is 7.92. The molecule has 0 unspecified atom stereocenters. The summed E-state index contributed by atoms with van der Waals surface area (Å²) in [7, 11) is -0.451. The molecular weight excluding hydrogens is 292 g/mol. The van der Waals surface area contributed by atoms with Crippen LogP contribution in [-0.4, -0.2) is 43.5 Å². The monoisotopic (exact) mass is 308 g/mol. The van der Waals surface area contributed by atoms with Gasteiger partial charge in [0, 0.05) is 25.9 Å². The number of hydrogen-bond acceptors (Lipinski definition) is 4. The second kappa shape index (κ2) is 5.57. The summed E-state index contributed by atoms with van der Waals surface area (Å²) in [6, 6.07) is 4.88. The molecular formula is C13H16N4O3S. The molecule has 0 atom stereocenters. The van der Waals surface area contributed by atoms with Crippen molar-refractivity contribution < 1.29 is 13.2 Å². The summed E-state index contributed by atoms with van der Waals surface area (Å²) in [4.78, 5) is 13.4. The summed E-state index contributed by atoms with van der Waals surface area (Å²) in [5.41, 5.74) is 1.50. The highest BCUT2D eigenvalue weighted by Gasteiger charge is 2.17. The van der Waals surface area contributed by atoms with Crippen molar-refractivity contribution in [1.82, 2.24) is 15.1 Å². The van der Waals surface area contributed by atoms with Gasteiger partial charge in [0.25, 0.3) is 15.9 Å². The van der Waals surface area contributed by atoms with Crippen LogP contribution in [0.25, 0.3) is 0 Å². The van der Waals surface area contributed by atoms with E-state index in [9.17, 15) is 13.2 Å². The lowest BCUT2D eigenvalue weighted by Crippen LogP contribution is -2.22. The molecule has 112 valence electrons. The summed E-state index contributed by atoms with van der Waals surface area (Å²) >= 11 is 0. The van der Waals surface area contributed by atoms with E-state index < -0.39 is 10.0 Å². The average Bonchev–Trinajstić information content (AvgIpc) is 2.95. The van der Waals surface area contributed by atoms with Crippen LogP contribution < -0.4 is 4.72 Å². The van der Waals surface area contributed by atoms with E-state index in [-0.39, 0.29) is 10.8 Å². The van der Waals surface area contributed by atoms with Gasteiger partial charge in [-0.1, -0.05) is 6.07 Å². The zero-order chi connectivity index (χ0) is 15.6. The molecule has 0 fully saturated rings. The number of aromatic nitrogens is 2. The minimum absolute atomic E-state index is 0.0336. The van der Waals surface area contributed by atoms with Crippen LogP contribution in [-0.2, 0) is 10.0 Å². The Morgan fingerprint density at radius 3 is 2.62 bits per heavy atom. The number of nitrogens with one attached hydrogen (secondary N) is 2. The largest absolute Gasteiger partial charge is 0.345 e. The number of hydrogen-bond donors (Lipinski definition) is 2. The Hall–Kier alpha value is -2.35. The Kier molecular flexibility index (Phi) is 3.99. The molecule has 2 N–H and O–H groups in total. The number of carbonyl (C=O) groups excluding carboxylic acids is 1. The maximum Gasteiger partial charge on any atom is 0.265 e. The van der Waals surface area contributed by atoms with E-state index in [4.69, 9.17) is 0 Å². The molecule has 7 nitrogen and oxygen atoms in total. The Morgan fingerprint density at radius 2 is 2.05 bits per heavy atom.